The molecular formula is C7H13N3. The van der Waals surface area contributed by atoms with Gasteiger partial charge in [-0.15, -0.1) is 0 Å². The summed E-state index contributed by atoms with van der Waals surface area (Å²) in [6.45, 7) is 4.71. The van der Waals surface area contributed by atoms with Crippen LogP contribution in [-0.4, -0.2) is 16.3 Å². The molecule has 1 rings (SSSR count). The Kier molecular flexibility index (Phi) is 2.06. The Balaban J connectivity index is 2.74. The van der Waals surface area contributed by atoms with Gasteiger partial charge in [0.05, 0.1) is 12.2 Å². The Morgan fingerprint density at radius 2 is 2.50 bits per heavy atom. The summed E-state index contributed by atoms with van der Waals surface area (Å²) in [5.74, 6) is 0. The van der Waals surface area contributed by atoms with Gasteiger partial charge in [0.1, 0.15) is 0 Å². The van der Waals surface area contributed by atoms with E-state index in [1.165, 1.54) is 5.56 Å². The molecule has 0 aliphatic heterocycles. The van der Waals surface area contributed by atoms with Gasteiger partial charge in [-0.2, -0.15) is 5.10 Å². The Hall–Kier alpha value is -0.830. The van der Waals surface area contributed by atoms with Gasteiger partial charge < -0.3 is 5.73 Å². The van der Waals surface area contributed by atoms with E-state index < -0.39 is 0 Å². The van der Waals surface area contributed by atoms with Gasteiger partial charge in [0.15, 0.2) is 0 Å². The monoisotopic (exact) mass is 139 g/mol. The summed E-state index contributed by atoms with van der Waals surface area (Å²) >= 11 is 0. The number of nitrogens with zero attached hydrogens (tertiary/aromatic N) is 2. The zero-order valence-corrected chi connectivity index (χ0v) is 6.41. The van der Waals surface area contributed by atoms with E-state index in [0.717, 1.165) is 0 Å². The van der Waals surface area contributed by atoms with Crippen LogP contribution in [0.3, 0.4) is 0 Å². The van der Waals surface area contributed by atoms with Gasteiger partial charge in [0, 0.05) is 12.7 Å². The molecule has 0 fully saturated rings. The normalized spacial score (nSPS) is 13.5. The minimum atomic E-state index is 0.314. The van der Waals surface area contributed by atoms with Crippen LogP contribution in [0.25, 0.3) is 0 Å². The molecular weight excluding hydrogens is 126 g/mol. The summed E-state index contributed by atoms with van der Waals surface area (Å²) in [5.41, 5.74) is 6.63. The second kappa shape index (κ2) is 2.84. The van der Waals surface area contributed by atoms with Gasteiger partial charge in [-0.3, -0.25) is 4.68 Å². The van der Waals surface area contributed by atoms with E-state index in [-0.39, 0.29) is 0 Å². The third-order valence-corrected chi connectivity index (χ3v) is 1.52. The molecule has 1 atom stereocenters. The molecule has 0 saturated heterocycles. The Labute approximate surface area is 60.8 Å². The van der Waals surface area contributed by atoms with Gasteiger partial charge >= 0.3 is 0 Å². The second-order valence-corrected chi connectivity index (χ2v) is 2.58. The van der Waals surface area contributed by atoms with Gasteiger partial charge in [0.25, 0.3) is 0 Å². The molecule has 10 heavy (non-hydrogen) atoms. The Morgan fingerprint density at radius 3 is 2.90 bits per heavy atom. The number of aryl methyl sites for hydroxylation is 1. The molecule has 1 aromatic rings. The van der Waals surface area contributed by atoms with Crippen LogP contribution >= 0.6 is 0 Å². The maximum absolute atomic E-state index is 5.45. The van der Waals surface area contributed by atoms with Crippen LogP contribution in [-0.2, 0) is 0 Å². The molecule has 1 aromatic heterocycles. The average molecular weight is 139 g/mol. The number of hydrogen-bond acceptors (Lipinski definition) is 2. The first-order valence-corrected chi connectivity index (χ1v) is 3.45. The van der Waals surface area contributed by atoms with E-state index >= 15 is 0 Å². The Bertz CT molecular complexity index is 204. The molecule has 56 valence electrons. The first kappa shape index (κ1) is 7.28. The molecule has 0 bridgehead atoms. The maximum Gasteiger partial charge on any atom is 0.0613 e. The van der Waals surface area contributed by atoms with Crippen LogP contribution in [0.15, 0.2) is 12.4 Å². The van der Waals surface area contributed by atoms with Crippen LogP contribution in [0, 0.1) is 6.92 Å². The minimum absolute atomic E-state index is 0.314. The van der Waals surface area contributed by atoms with E-state index in [4.69, 9.17) is 5.73 Å². The largest absolute Gasteiger partial charge is 0.328 e. The molecule has 3 nitrogen and oxygen atoms in total. The Morgan fingerprint density at radius 1 is 1.80 bits per heavy atom. The maximum atomic E-state index is 5.45. The lowest BCUT2D eigenvalue weighted by Crippen LogP contribution is -2.16. The fourth-order valence-corrected chi connectivity index (χ4v) is 0.782. The summed E-state index contributed by atoms with van der Waals surface area (Å²) in [6, 6.07) is 0.314. The van der Waals surface area contributed by atoms with Gasteiger partial charge in [0.2, 0.25) is 0 Å². The zero-order chi connectivity index (χ0) is 7.56. The van der Waals surface area contributed by atoms with Crippen molar-refractivity contribution in [1.82, 2.24) is 9.78 Å². The van der Waals surface area contributed by atoms with Crippen molar-refractivity contribution in [2.24, 2.45) is 5.73 Å². The van der Waals surface area contributed by atoms with Crippen molar-refractivity contribution in [2.75, 3.05) is 6.54 Å². The van der Waals surface area contributed by atoms with Crippen molar-refractivity contribution in [1.29, 1.82) is 0 Å². The van der Waals surface area contributed by atoms with Crippen LogP contribution < -0.4 is 5.73 Å². The predicted octanol–water partition coefficient (Wildman–Crippen LogP) is 0.711. The summed E-state index contributed by atoms with van der Waals surface area (Å²) in [6.07, 6.45) is 3.84. The second-order valence-electron chi connectivity index (χ2n) is 2.58. The third-order valence-electron chi connectivity index (χ3n) is 1.52. The fourth-order valence-electron chi connectivity index (χ4n) is 0.782. The number of nitrogens with two attached hydrogens (primary N) is 1. The van der Waals surface area contributed by atoms with Crippen molar-refractivity contribution in [3.8, 4) is 0 Å². The van der Waals surface area contributed by atoms with Crippen LogP contribution in [0.1, 0.15) is 18.5 Å². The topological polar surface area (TPSA) is 43.8 Å². The molecule has 2 N–H and O–H groups in total. The van der Waals surface area contributed by atoms with Crippen molar-refractivity contribution in [2.45, 2.75) is 19.9 Å². The van der Waals surface area contributed by atoms with E-state index in [9.17, 15) is 0 Å². The lowest BCUT2D eigenvalue weighted by molar-refractivity contribution is 0.500. The van der Waals surface area contributed by atoms with Gasteiger partial charge in [-0.25, -0.2) is 0 Å². The highest BCUT2D eigenvalue weighted by Crippen LogP contribution is 2.02. The lowest BCUT2D eigenvalue weighted by Gasteiger charge is -2.07. The quantitative estimate of drug-likeness (QED) is 0.655. The standard InChI is InChI=1S/C7H13N3/c1-6-4-9-10(5-6)7(2)3-8/h4-5,7H,3,8H2,1-2H3/t7-/m0/s1. The molecule has 0 saturated carbocycles. The highest BCUT2D eigenvalue weighted by molar-refractivity contribution is 5.00. The zero-order valence-electron chi connectivity index (χ0n) is 6.41. The van der Waals surface area contributed by atoms with E-state index in [1.54, 1.807) is 0 Å². The van der Waals surface area contributed by atoms with E-state index in [2.05, 4.69) is 5.10 Å². The molecule has 1 heterocycles. The average Bonchev–Trinajstić information content (AvgIpc) is 2.34. The lowest BCUT2D eigenvalue weighted by atomic mass is 10.3. The molecule has 0 aliphatic rings. The van der Waals surface area contributed by atoms with Gasteiger partial charge in [-0.05, 0) is 19.4 Å². The first-order valence-electron chi connectivity index (χ1n) is 3.45. The molecule has 0 aromatic carbocycles. The molecule has 0 amide bonds. The van der Waals surface area contributed by atoms with E-state index in [0.29, 0.717) is 12.6 Å². The van der Waals surface area contributed by atoms with Crippen LogP contribution in [0.4, 0.5) is 0 Å². The molecule has 0 unspecified atom stereocenters. The third kappa shape index (κ3) is 1.36. The molecule has 0 radical (unpaired) electrons. The first-order chi connectivity index (χ1) is 4.74. The number of aromatic nitrogens is 2. The van der Waals surface area contributed by atoms with Crippen molar-refractivity contribution >= 4 is 0 Å². The summed E-state index contributed by atoms with van der Waals surface area (Å²) in [4.78, 5) is 0. The smallest absolute Gasteiger partial charge is 0.0613 e. The summed E-state index contributed by atoms with van der Waals surface area (Å²) in [7, 11) is 0. The minimum Gasteiger partial charge on any atom is -0.328 e. The SMILES string of the molecule is Cc1cnn([C@@H](C)CN)c1. The van der Waals surface area contributed by atoms with E-state index in [1.807, 2.05) is 30.9 Å². The number of rotatable bonds is 2. The molecule has 3 heteroatoms. The number of hydrogen-bond donors (Lipinski definition) is 1. The van der Waals surface area contributed by atoms with Crippen LogP contribution in [0.2, 0.25) is 0 Å². The predicted molar refractivity (Wildman–Crippen MR) is 40.7 cm³/mol. The molecule has 0 spiro atoms. The summed E-state index contributed by atoms with van der Waals surface area (Å²) < 4.78 is 1.88. The fraction of sp³-hybridized carbons (Fsp3) is 0.571. The van der Waals surface area contributed by atoms with Crippen molar-refractivity contribution in [3.63, 3.8) is 0 Å². The van der Waals surface area contributed by atoms with Crippen molar-refractivity contribution in [3.05, 3.63) is 18.0 Å². The van der Waals surface area contributed by atoms with Gasteiger partial charge in [-0.1, -0.05) is 0 Å². The van der Waals surface area contributed by atoms with Crippen molar-refractivity contribution < 1.29 is 0 Å². The highest BCUT2D eigenvalue weighted by atomic mass is 15.3. The highest BCUT2D eigenvalue weighted by Gasteiger charge is 2.00. The molecule has 0 aliphatic carbocycles. The summed E-state index contributed by atoms with van der Waals surface area (Å²) in [5, 5.41) is 4.12. The van der Waals surface area contributed by atoms with Crippen LogP contribution in [0.5, 0.6) is 0 Å².